The summed E-state index contributed by atoms with van der Waals surface area (Å²) in [6.45, 7) is 4.07. The Hall–Kier alpha value is -3.73. The van der Waals surface area contributed by atoms with Crippen molar-refractivity contribution >= 4 is 33.0 Å². The van der Waals surface area contributed by atoms with E-state index in [0.29, 0.717) is 0 Å². The molecule has 11 heteroatoms. The average Bonchev–Trinajstić information content (AvgIpc) is 2.80. The van der Waals surface area contributed by atoms with Crippen LogP contribution in [0.2, 0.25) is 0 Å². The van der Waals surface area contributed by atoms with Crippen molar-refractivity contribution in [2.75, 3.05) is 16.4 Å². The first-order valence-corrected chi connectivity index (χ1v) is 12.5. The van der Waals surface area contributed by atoms with Crippen LogP contribution in [0, 0.1) is 17.5 Å². The van der Waals surface area contributed by atoms with Gasteiger partial charge in [0.2, 0.25) is 11.8 Å². The molecule has 0 unspecified atom stereocenters. The molecular weight excluding hydrogens is 495 g/mol. The van der Waals surface area contributed by atoms with Crippen LogP contribution in [0.3, 0.4) is 0 Å². The molecule has 36 heavy (non-hydrogen) atoms. The molecule has 2 N–H and O–H groups in total. The Balaban J connectivity index is 1.74. The third kappa shape index (κ3) is 5.91. The second-order valence-corrected chi connectivity index (χ2v) is 10.8. The maximum Gasteiger partial charge on any atom is 0.234 e. The molecule has 0 radical (unpaired) electrons. The van der Waals surface area contributed by atoms with Crippen LogP contribution in [0.15, 0.2) is 59.6 Å². The van der Waals surface area contributed by atoms with Gasteiger partial charge in [-0.25, -0.2) is 21.6 Å². The highest BCUT2D eigenvalue weighted by Crippen LogP contribution is 2.32. The van der Waals surface area contributed by atoms with Crippen molar-refractivity contribution in [3.05, 3.63) is 83.4 Å². The third-order valence-electron chi connectivity index (χ3n) is 5.52. The normalized spacial score (nSPS) is 11.7. The first-order valence-electron chi connectivity index (χ1n) is 10.9. The molecule has 0 fully saturated rings. The number of anilines is 2. The van der Waals surface area contributed by atoms with Gasteiger partial charge in [0.25, 0.3) is 0 Å². The number of sulfone groups is 1. The van der Waals surface area contributed by atoms with Gasteiger partial charge in [0, 0.05) is 23.1 Å². The minimum absolute atomic E-state index is 0.0237. The summed E-state index contributed by atoms with van der Waals surface area (Å²) >= 11 is 0. The number of benzene rings is 2. The number of hydrogen-bond donors (Lipinski definition) is 2. The number of pyridine rings is 1. The molecule has 0 aliphatic carbocycles. The highest BCUT2D eigenvalue weighted by Gasteiger charge is 2.36. The molecule has 0 bridgehead atoms. The Morgan fingerprint density at radius 3 is 2.14 bits per heavy atom. The minimum Gasteiger partial charge on any atom is -0.326 e. The lowest BCUT2D eigenvalue weighted by atomic mass is 9.82. The number of carbonyl (C=O) groups is 2. The number of aromatic nitrogens is 1. The van der Waals surface area contributed by atoms with E-state index in [2.05, 4.69) is 15.6 Å². The van der Waals surface area contributed by atoms with Gasteiger partial charge < -0.3 is 10.6 Å². The maximum atomic E-state index is 14.9. The molecule has 0 atom stereocenters. The first kappa shape index (κ1) is 26.9. The summed E-state index contributed by atoms with van der Waals surface area (Å²) in [5, 5.41) is 4.69. The van der Waals surface area contributed by atoms with E-state index < -0.39 is 50.1 Å². The summed E-state index contributed by atoms with van der Waals surface area (Å²) < 4.78 is 67.5. The van der Waals surface area contributed by atoms with Gasteiger partial charge in [-0.05, 0) is 50.2 Å². The number of nitrogens with one attached hydrogen (secondary N) is 2. The zero-order valence-electron chi connectivity index (χ0n) is 19.7. The summed E-state index contributed by atoms with van der Waals surface area (Å²) in [6.07, 6.45) is 0.873. The molecule has 2 aromatic carbocycles. The van der Waals surface area contributed by atoms with Gasteiger partial charge in [0.05, 0.1) is 28.2 Å². The van der Waals surface area contributed by atoms with Gasteiger partial charge in [-0.3, -0.25) is 14.6 Å². The molecule has 0 aliphatic rings. The quantitative estimate of drug-likeness (QED) is 0.459. The molecular formula is C25H24F3N3O4S. The average molecular weight is 520 g/mol. The largest absolute Gasteiger partial charge is 0.326 e. The standard InChI is InChI=1S/C25H24F3N3O4S/c1-4-36(34,35)17-10-9-15(29-14-17)13-22(32)30-16-11-19(27)23(20(28)12-16)25(2,3)24(33)31-21-8-6-5-7-18(21)26/h5-12,14H,4,13H2,1-3H3,(H,30,32)(H,31,33). The highest BCUT2D eigenvalue weighted by molar-refractivity contribution is 7.91. The molecule has 0 saturated carbocycles. The van der Waals surface area contributed by atoms with Gasteiger partial charge in [-0.15, -0.1) is 0 Å². The van der Waals surface area contributed by atoms with E-state index >= 15 is 0 Å². The summed E-state index contributed by atoms with van der Waals surface area (Å²) in [7, 11) is -3.44. The highest BCUT2D eigenvalue weighted by atomic mass is 32.2. The van der Waals surface area contributed by atoms with Crippen molar-refractivity contribution in [1.29, 1.82) is 0 Å². The Labute approximate surface area is 206 Å². The van der Waals surface area contributed by atoms with Gasteiger partial charge in [-0.1, -0.05) is 19.1 Å². The predicted octanol–water partition coefficient (Wildman–Crippen LogP) is 4.39. The van der Waals surface area contributed by atoms with E-state index in [0.717, 1.165) is 24.4 Å². The van der Waals surface area contributed by atoms with Crippen molar-refractivity contribution in [2.45, 2.75) is 37.5 Å². The lowest BCUT2D eigenvalue weighted by Gasteiger charge is -2.25. The molecule has 3 aromatic rings. The lowest BCUT2D eigenvalue weighted by Crippen LogP contribution is -2.36. The zero-order chi connectivity index (χ0) is 26.7. The maximum absolute atomic E-state index is 14.9. The van der Waals surface area contributed by atoms with E-state index in [1.807, 2.05) is 0 Å². The van der Waals surface area contributed by atoms with Crippen molar-refractivity contribution in [3.63, 3.8) is 0 Å². The molecule has 0 aliphatic heterocycles. The van der Waals surface area contributed by atoms with Crippen LogP contribution in [-0.4, -0.2) is 31.0 Å². The van der Waals surface area contributed by atoms with Crippen molar-refractivity contribution < 1.29 is 31.2 Å². The fraction of sp³-hybridized carbons (Fsp3) is 0.240. The summed E-state index contributed by atoms with van der Waals surface area (Å²) in [5.41, 5.74) is -2.33. The molecule has 0 spiro atoms. The van der Waals surface area contributed by atoms with Crippen LogP contribution in [0.1, 0.15) is 32.0 Å². The Kier molecular flexibility index (Phi) is 7.83. The van der Waals surface area contributed by atoms with E-state index in [-0.39, 0.29) is 34.1 Å². The Bertz CT molecular complexity index is 1390. The SMILES string of the molecule is CCS(=O)(=O)c1ccc(CC(=O)Nc2cc(F)c(C(C)(C)C(=O)Nc3ccccc3F)c(F)c2)nc1. The molecule has 7 nitrogen and oxygen atoms in total. The Morgan fingerprint density at radius 1 is 0.944 bits per heavy atom. The fourth-order valence-electron chi connectivity index (χ4n) is 3.43. The van der Waals surface area contributed by atoms with Crippen molar-refractivity contribution in [3.8, 4) is 0 Å². The van der Waals surface area contributed by atoms with E-state index in [4.69, 9.17) is 0 Å². The number of halogens is 3. The van der Waals surface area contributed by atoms with Gasteiger partial charge in [0.15, 0.2) is 9.84 Å². The van der Waals surface area contributed by atoms with Crippen LogP contribution >= 0.6 is 0 Å². The Morgan fingerprint density at radius 2 is 1.58 bits per heavy atom. The monoisotopic (exact) mass is 519 g/mol. The van der Waals surface area contributed by atoms with E-state index in [1.165, 1.54) is 51.1 Å². The van der Waals surface area contributed by atoms with Gasteiger partial charge >= 0.3 is 0 Å². The van der Waals surface area contributed by atoms with Crippen LogP contribution in [0.4, 0.5) is 24.5 Å². The number of carbonyl (C=O) groups excluding carboxylic acids is 2. The van der Waals surface area contributed by atoms with E-state index in [1.54, 1.807) is 0 Å². The topological polar surface area (TPSA) is 105 Å². The van der Waals surface area contributed by atoms with E-state index in [9.17, 15) is 31.2 Å². The van der Waals surface area contributed by atoms with Crippen LogP contribution in [0.5, 0.6) is 0 Å². The fourth-order valence-corrected chi connectivity index (χ4v) is 4.25. The molecule has 1 heterocycles. The summed E-state index contributed by atoms with van der Waals surface area (Å²) in [6, 6.07) is 9.85. The molecule has 3 rings (SSSR count). The second kappa shape index (κ2) is 10.5. The lowest BCUT2D eigenvalue weighted by molar-refractivity contribution is -0.120. The predicted molar refractivity (Wildman–Crippen MR) is 129 cm³/mol. The minimum atomic E-state index is -3.44. The number of para-hydroxylation sites is 1. The van der Waals surface area contributed by atoms with Crippen molar-refractivity contribution in [2.24, 2.45) is 0 Å². The second-order valence-electron chi connectivity index (χ2n) is 8.49. The number of amides is 2. The van der Waals surface area contributed by atoms with Crippen molar-refractivity contribution in [1.82, 2.24) is 4.98 Å². The van der Waals surface area contributed by atoms with Crippen LogP contribution < -0.4 is 10.6 Å². The summed E-state index contributed by atoms with van der Waals surface area (Å²) in [4.78, 5) is 29.1. The van der Waals surface area contributed by atoms with Gasteiger partial charge in [-0.2, -0.15) is 0 Å². The van der Waals surface area contributed by atoms with Crippen LogP contribution in [-0.2, 0) is 31.3 Å². The summed E-state index contributed by atoms with van der Waals surface area (Å²) in [5.74, 6) is -4.42. The molecule has 0 saturated heterocycles. The third-order valence-corrected chi connectivity index (χ3v) is 7.24. The number of nitrogens with zero attached hydrogens (tertiary/aromatic N) is 1. The van der Waals surface area contributed by atoms with Gasteiger partial charge in [0.1, 0.15) is 17.5 Å². The smallest absolute Gasteiger partial charge is 0.234 e. The molecule has 190 valence electrons. The number of hydrogen-bond acceptors (Lipinski definition) is 5. The number of rotatable bonds is 8. The molecule has 1 aromatic heterocycles. The first-order chi connectivity index (χ1) is 16.8. The van der Waals surface area contributed by atoms with Crippen LogP contribution in [0.25, 0.3) is 0 Å². The zero-order valence-corrected chi connectivity index (χ0v) is 20.5. The molecule has 2 amide bonds.